The first-order valence-electron chi connectivity index (χ1n) is 6.46. The highest BCUT2D eigenvalue weighted by atomic mass is 19.2. The molecule has 1 aromatic carbocycles. The molecule has 1 rings (SSSR count). The molecule has 0 aliphatic carbocycles. The zero-order chi connectivity index (χ0) is 13.2. The minimum Gasteiger partial charge on any atom is -0.381 e. The van der Waals surface area contributed by atoms with Crippen molar-refractivity contribution in [1.29, 1.82) is 0 Å². The minimum absolute atomic E-state index is 0.548. The van der Waals surface area contributed by atoms with Crippen molar-refractivity contribution in [1.82, 2.24) is 5.32 Å². The zero-order valence-electron chi connectivity index (χ0n) is 10.8. The molecule has 0 spiro atoms. The van der Waals surface area contributed by atoms with Gasteiger partial charge in [-0.15, -0.1) is 0 Å². The zero-order valence-corrected chi connectivity index (χ0v) is 10.8. The van der Waals surface area contributed by atoms with Gasteiger partial charge in [0.05, 0.1) is 0 Å². The van der Waals surface area contributed by atoms with Crippen LogP contribution in [0.15, 0.2) is 18.2 Å². The highest BCUT2D eigenvalue weighted by molar-refractivity contribution is 5.17. The van der Waals surface area contributed by atoms with Crippen molar-refractivity contribution in [3.63, 3.8) is 0 Å². The number of hydrogen-bond acceptors (Lipinski definition) is 2. The van der Waals surface area contributed by atoms with E-state index in [1.165, 1.54) is 6.07 Å². The van der Waals surface area contributed by atoms with Crippen LogP contribution in [0, 0.1) is 11.6 Å². The fourth-order valence-corrected chi connectivity index (χ4v) is 1.53. The lowest BCUT2D eigenvalue weighted by Crippen LogP contribution is -2.16. The quantitative estimate of drug-likeness (QED) is 0.686. The fourth-order valence-electron chi connectivity index (χ4n) is 1.53. The van der Waals surface area contributed by atoms with E-state index in [0.717, 1.165) is 50.7 Å². The molecule has 0 amide bonds. The number of hydrogen-bond donors (Lipinski definition) is 1. The second kappa shape index (κ2) is 9.00. The molecule has 0 aliphatic heterocycles. The summed E-state index contributed by atoms with van der Waals surface area (Å²) < 4.78 is 31.0. The summed E-state index contributed by atoms with van der Waals surface area (Å²) in [6.45, 7) is 5.05. The average Bonchev–Trinajstić information content (AvgIpc) is 2.37. The summed E-state index contributed by atoms with van der Waals surface area (Å²) in [7, 11) is 0. The third-order valence-corrected chi connectivity index (χ3v) is 2.60. The molecule has 0 saturated heterocycles. The summed E-state index contributed by atoms with van der Waals surface area (Å²) in [6, 6.07) is 3.96. The van der Waals surface area contributed by atoms with E-state index >= 15 is 0 Å². The largest absolute Gasteiger partial charge is 0.381 e. The highest BCUT2D eigenvalue weighted by Gasteiger charge is 2.01. The van der Waals surface area contributed by atoms with Crippen LogP contribution in [0.4, 0.5) is 8.78 Å². The van der Waals surface area contributed by atoms with E-state index in [4.69, 9.17) is 4.74 Å². The van der Waals surface area contributed by atoms with E-state index < -0.39 is 11.6 Å². The topological polar surface area (TPSA) is 21.3 Å². The molecule has 0 saturated carbocycles. The van der Waals surface area contributed by atoms with Gasteiger partial charge in [0, 0.05) is 19.8 Å². The number of nitrogens with one attached hydrogen (secondary N) is 1. The monoisotopic (exact) mass is 257 g/mol. The molecule has 1 aromatic rings. The van der Waals surface area contributed by atoms with Gasteiger partial charge >= 0.3 is 0 Å². The minimum atomic E-state index is -0.803. The predicted octanol–water partition coefficient (Wildman–Crippen LogP) is 3.26. The van der Waals surface area contributed by atoms with E-state index in [1.54, 1.807) is 6.07 Å². The Bertz CT molecular complexity index is 345. The van der Waals surface area contributed by atoms with Crippen LogP contribution in [-0.2, 0) is 11.3 Å². The summed E-state index contributed by atoms with van der Waals surface area (Å²) in [5.74, 6) is -1.60. The first kappa shape index (κ1) is 15.1. The lowest BCUT2D eigenvalue weighted by molar-refractivity contribution is 0.129. The Hall–Kier alpha value is -1.00. The molecular formula is C14H21F2NO. The second-order valence-electron chi connectivity index (χ2n) is 4.24. The van der Waals surface area contributed by atoms with Crippen molar-refractivity contribution in [3.05, 3.63) is 35.4 Å². The summed E-state index contributed by atoms with van der Waals surface area (Å²) >= 11 is 0. The standard InChI is InChI=1S/C14H21F2NO/c1-2-3-8-18-9-4-7-17-11-12-5-6-13(15)14(16)10-12/h5-6,10,17H,2-4,7-9,11H2,1H3. The third kappa shape index (κ3) is 6.07. The van der Waals surface area contributed by atoms with E-state index in [2.05, 4.69) is 12.2 Å². The van der Waals surface area contributed by atoms with Crippen molar-refractivity contribution in [2.45, 2.75) is 32.7 Å². The lowest BCUT2D eigenvalue weighted by Gasteiger charge is -2.06. The maximum Gasteiger partial charge on any atom is 0.159 e. The van der Waals surface area contributed by atoms with Gasteiger partial charge in [0.2, 0.25) is 0 Å². The maximum absolute atomic E-state index is 12.9. The van der Waals surface area contributed by atoms with Crippen LogP contribution < -0.4 is 5.32 Å². The van der Waals surface area contributed by atoms with Gasteiger partial charge < -0.3 is 10.1 Å². The number of ether oxygens (including phenoxy) is 1. The molecule has 0 heterocycles. The van der Waals surface area contributed by atoms with Crippen LogP contribution in [-0.4, -0.2) is 19.8 Å². The molecule has 1 N–H and O–H groups in total. The van der Waals surface area contributed by atoms with Crippen LogP contribution in [0.1, 0.15) is 31.7 Å². The first-order valence-corrected chi connectivity index (χ1v) is 6.46. The van der Waals surface area contributed by atoms with Crippen LogP contribution in [0.5, 0.6) is 0 Å². The van der Waals surface area contributed by atoms with Crippen molar-refractivity contribution in [2.24, 2.45) is 0 Å². The van der Waals surface area contributed by atoms with Gasteiger partial charge in [-0.3, -0.25) is 0 Å². The Kier molecular flexibility index (Phi) is 7.53. The van der Waals surface area contributed by atoms with Gasteiger partial charge in [-0.25, -0.2) is 8.78 Å². The Balaban J connectivity index is 2.05. The van der Waals surface area contributed by atoms with Crippen LogP contribution in [0.25, 0.3) is 0 Å². The SMILES string of the molecule is CCCCOCCCNCc1ccc(F)c(F)c1. The van der Waals surface area contributed by atoms with E-state index in [-0.39, 0.29) is 0 Å². The van der Waals surface area contributed by atoms with Crippen LogP contribution >= 0.6 is 0 Å². The van der Waals surface area contributed by atoms with Crippen molar-refractivity contribution in [3.8, 4) is 0 Å². The van der Waals surface area contributed by atoms with Crippen LogP contribution in [0.3, 0.4) is 0 Å². The molecular weight excluding hydrogens is 236 g/mol. The van der Waals surface area contributed by atoms with Crippen LogP contribution in [0.2, 0.25) is 0 Å². The molecule has 0 fully saturated rings. The summed E-state index contributed by atoms with van der Waals surface area (Å²) in [5.41, 5.74) is 0.751. The van der Waals surface area contributed by atoms with Gasteiger partial charge in [0.1, 0.15) is 0 Å². The second-order valence-corrected chi connectivity index (χ2v) is 4.24. The van der Waals surface area contributed by atoms with Crippen molar-refractivity contribution in [2.75, 3.05) is 19.8 Å². The molecule has 0 radical (unpaired) electrons. The van der Waals surface area contributed by atoms with Gasteiger partial charge in [-0.2, -0.15) is 0 Å². The summed E-state index contributed by atoms with van der Waals surface area (Å²) in [6.07, 6.45) is 3.17. The summed E-state index contributed by atoms with van der Waals surface area (Å²) in [4.78, 5) is 0. The molecule has 0 bridgehead atoms. The molecule has 18 heavy (non-hydrogen) atoms. The lowest BCUT2D eigenvalue weighted by atomic mass is 10.2. The normalized spacial score (nSPS) is 10.8. The Morgan fingerprint density at radius 2 is 1.89 bits per heavy atom. The van der Waals surface area contributed by atoms with Gasteiger partial charge in [0.15, 0.2) is 11.6 Å². The fraction of sp³-hybridized carbons (Fsp3) is 0.571. The number of unbranched alkanes of at least 4 members (excludes halogenated alkanes) is 1. The van der Waals surface area contributed by atoms with E-state index in [0.29, 0.717) is 6.54 Å². The Morgan fingerprint density at radius 3 is 2.61 bits per heavy atom. The van der Waals surface area contributed by atoms with Gasteiger partial charge in [-0.05, 0) is 37.1 Å². The molecule has 0 unspecified atom stereocenters. The van der Waals surface area contributed by atoms with Crippen molar-refractivity contribution < 1.29 is 13.5 Å². The Morgan fingerprint density at radius 1 is 1.11 bits per heavy atom. The average molecular weight is 257 g/mol. The maximum atomic E-state index is 12.9. The van der Waals surface area contributed by atoms with Crippen molar-refractivity contribution >= 4 is 0 Å². The molecule has 102 valence electrons. The smallest absolute Gasteiger partial charge is 0.159 e. The number of halogens is 2. The number of benzene rings is 1. The highest BCUT2D eigenvalue weighted by Crippen LogP contribution is 2.08. The molecule has 0 aliphatic rings. The third-order valence-electron chi connectivity index (χ3n) is 2.60. The number of rotatable bonds is 9. The molecule has 0 atom stereocenters. The molecule has 0 aromatic heterocycles. The molecule has 4 heteroatoms. The van der Waals surface area contributed by atoms with Gasteiger partial charge in [-0.1, -0.05) is 19.4 Å². The van der Waals surface area contributed by atoms with Gasteiger partial charge in [0.25, 0.3) is 0 Å². The first-order chi connectivity index (χ1) is 8.74. The Labute approximate surface area is 107 Å². The van der Waals surface area contributed by atoms with E-state index in [1.807, 2.05) is 0 Å². The van der Waals surface area contributed by atoms with E-state index in [9.17, 15) is 8.78 Å². The molecule has 2 nitrogen and oxygen atoms in total. The predicted molar refractivity (Wildman–Crippen MR) is 68.4 cm³/mol. The summed E-state index contributed by atoms with van der Waals surface area (Å²) in [5, 5.41) is 3.17.